The van der Waals surface area contributed by atoms with Gasteiger partial charge < -0.3 is 15.3 Å². The van der Waals surface area contributed by atoms with E-state index in [2.05, 4.69) is 21.4 Å². The van der Waals surface area contributed by atoms with E-state index in [1.54, 1.807) is 36.5 Å². The number of nitrogens with zero attached hydrogens (tertiary/aromatic N) is 4. The van der Waals surface area contributed by atoms with Crippen molar-refractivity contribution in [2.75, 3.05) is 26.7 Å². The van der Waals surface area contributed by atoms with Crippen LogP contribution in [0.4, 0.5) is 4.39 Å². The number of fused-ring (bicyclic) bond motifs is 1. The Morgan fingerprint density at radius 3 is 2.79 bits per heavy atom. The molecule has 3 heterocycles. The van der Waals surface area contributed by atoms with E-state index < -0.39 is 5.82 Å². The molecule has 1 fully saturated rings. The Bertz CT molecular complexity index is 1540. The fraction of sp³-hybridized carbons (Fsp3) is 0.267. The number of aliphatic hydroxyl groups is 1. The first kappa shape index (κ1) is 25.5. The smallest absolute Gasteiger partial charge is 0.255 e. The normalized spacial score (nSPS) is 14.9. The van der Waals surface area contributed by atoms with E-state index in [1.165, 1.54) is 18.3 Å². The lowest BCUT2D eigenvalue weighted by atomic mass is 9.93. The van der Waals surface area contributed by atoms with Gasteiger partial charge in [0.05, 0.1) is 16.6 Å². The van der Waals surface area contributed by atoms with Crippen LogP contribution in [0.3, 0.4) is 0 Å². The molecule has 1 aliphatic rings. The van der Waals surface area contributed by atoms with E-state index in [-0.39, 0.29) is 18.6 Å². The van der Waals surface area contributed by atoms with Gasteiger partial charge in [0, 0.05) is 61.3 Å². The van der Waals surface area contributed by atoms with E-state index in [0.717, 1.165) is 30.5 Å². The molecular formula is C30H28FN5O2. The topological polar surface area (TPSA) is 102 Å². The number of nitrogens with one attached hydrogen (secondary N) is 1. The maximum Gasteiger partial charge on any atom is 0.255 e. The Kier molecular flexibility index (Phi) is 7.40. The van der Waals surface area contributed by atoms with Gasteiger partial charge in [0.15, 0.2) is 0 Å². The molecule has 5 rings (SSSR count). The highest BCUT2D eigenvalue weighted by Crippen LogP contribution is 2.34. The number of likely N-dealkylation sites (N-methyl/N-ethyl adjacent to an activating group) is 1. The number of hydrogen-bond acceptors (Lipinski definition) is 6. The van der Waals surface area contributed by atoms with Gasteiger partial charge in [-0.3, -0.25) is 14.8 Å². The molecule has 2 aromatic carbocycles. The van der Waals surface area contributed by atoms with Crippen LogP contribution in [0.5, 0.6) is 0 Å². The predicted molar refractivity (Wildman–Crippen MR) is 144 cm³/mol. The summed E-state index contributed by atoms with van der Waals surface area (Å²) in [4.78, 5) is 24.6. The molecule has 192 valence electrons. The molecular weight excluding hydrogens is 481 g/mol. The number of amides is 1. The lowest BCUT2D eigenvalue weighted by Crippen LogP contribution is -2.38. The van der Waals surface area contributed by atoms with Crippen LogP contribution in [0.15, 0.2) is 61.1 Å². The Hall–Kier alpha value is -4.19. The zero-order valence-electron chi connectivity index (χ0n) is 21.1. The van der Waals surface area contributed by atoms with Crippen molar-refractivity contribution in [2.24, 2.45) is 0 Å². The highest BCUT2D eigenvalue weighted by atomic mass is 19.1. The number of pyridine rings is 2. The molecule has 0 radical (unpaired) electrons. The number of hydrogen-bond donors (Lipinski definition) is 2. The van der Waals surface area contributed by atoms with Crippen molar-refractivity contribution in [1.29, 1.82) is 5.26 Å². The second-order valence-electron chi connectivity index (χ2n) is 9.65. The summed E-state index contributed by atoms with van der Waals surface area (Å²) in [5.41, 5.74) is 4.71. The minimum atomic E-state index is -0.443. The summed E-state index contributed by atoms with van der Waals surface area (Å²) in [6, 6.07) is 14.3. The summed E-state index contributed by atoms with van der Waals surface area (Å²) in [6.07, 6.45) is 7.17. The van der Waals surface area contributed by atoms with Gasteiger partial charge in [-0.2, -0.15) is 5.26 Å². The fourth-order valence-electron chi connectivity index (χ4n) is 5.08. The van der Waals surface area contributed by atoms with Gasteiger partial charge in [0.2, 0.25) is 0 Å². The fourth-order valence-corrected chi connectivity index (χ4v) is 5.08. The number of carbonyl (C=O) groups is 1. The van der Waals surface area contributed by atoms with Crippen LogP contribution in [0.25, 0.3) is 33.2 Å². The Morgan fingerprint density at radius 2 is 2.03 bits per heavy atom. The Balaban J connectivity index is 1.69. The number of carbonyl (C=O) groups excluding carboxylic acids is 1. The molecule has 1 aliphatic heterocycles. The molecule has 0 unspecified atom stereocenters. The second-order valence-corrected chi connectivity index (χ2v) is 9.65. The molecule has 1 atom stereocenters. The van der Waals surface area contributed by atoms with Gasteiger partial charge >= 0.3 is 0 Å². The van der Waals surface area contributed by atoms with Gasteiger partial charge in [-0.05, 0) is 72.8 Å². The number of benzene rings is 2. The van der Waals surface area contributed by atoms with Gasteiger partial charge in [-0.15, -0.1) is 0 Å². The SMILES string of the molecule is CN(C[C@@H]1CCCN1)C(=O)c1c(-c2cc(F)cc(CCO)c2)cnc2ccc(-c3cncc(C#N)c3)cc12. The second kappa shape index (κ2) is 11.1. The number of halogens is 1. The molecule has 0 saturated carbocycles. The van der Waals surface area contributed by atoms with Crippen LogP contribution < -0.4 is 5.32 Å². The van der Waals surface area contributed by atoms with Crippen LogP contribution in [-0.2, 0) is 6.42 Å². The van der Waals surface area contributed by atoms with Crippen molar-refractivity contribution >= 4 is 16.8 Å². The van der Waals surface area contributed by atoms with Gasteiger partial charge in [0.25, 0.3) is 5.91 Å². The maximum absolute atomic E-state index is 14.6. The van der Waals surface area contributed by atoms with Gasteiger partial charge in [-0.1, -0.05) is 12.1 Å². The summed E-state index contributed by atoms with van der Waals surface area (Å²) in [6.45, 7) is 1.38. The standard InChI is InChI=1S/C30H28FN5O2/c1-36(18-25-3-2-7-34-25)30(38)29-26-13-21(23-10-20(14-32)15-33-16-23)4-5-28(26)35-17-27(29)22-9-19(6-8-37)11-24(31)12-22/h4-5,9-13,15-17,25,34,37H,2-3,6-8,18H2,1H3/t25-/m0/s1. The zero-order valence-corrected chi connectivity index (χ0v) is 21.1. The Morgan fingerprint density at radius 1 is 1.16 bits per heavy atom. The number of rotatable bonds is 7. The van der Waals surface area contributed by atoms with E-state index >= 15 is 0 Å². The summed E-state index contributed by atoms with van der Waals surface area (Å²) >= 11 is 0. The van der Waals surface area contributed by atoms with Crippen LogP contribution in [0, 0.1) is 17.1 Å². The largest absolute Gasteiger partial charge is 0.396 e. The average Bonchev–Trinajstić information content (AvgIpc) is 3.44. The average molecular weight is 510 g/mol. The lowest BCUT2D eigenvalue weighted by Gasteiger charge is -2.24. The van der Waals surface area contributed by atoms with E-state index in [1.807, 2.05) is 18.2 Å². The summed E-state index contributed by atoms with van der Waals surface area (Å²) in [5, 5.41) is 22.8. The van der Waals surface area contributed by atoms with Crippen molar-refractivity contribution in [3.05, 3.63) is 83.6 Å². The van der Waals surface area contributed by atoms with E-state index in [9.17, 15) is 19.6 Å². The van der Waals surface area contributed by atoms with Gasteiger partial charge in [-0.25, -0.2) is 4.39 Å². The minimum Gasteiger partial charge on any atom is -0.396 e. The van der Waals surface area contributed by atoms with Crippen molar-refractivity contribution in [3.63, 3.8) is 0 Å². The number of aromatic nitrogens is 2. The third kappa shape index (κ3) is 5.25. The zero-order chi connectivity index (χ0) is 26.6. The Labute approximate surface area is 220 Å². The van der Waals surface area contributed by atoms with Crippen LogP contribution in [-0.4, -0.2) is 58.7 Å². The quantitative estimate of drug-likeness (QED) is 0.384. The monoisotopic (exact) mass is 509 g/mol. The molecule has 7 nitrogen and oxygen atoms in total. The first-order valence-corrected chi connectivity index (χ1v) is 12.6. The van der Waals surface area contributed by atoms with E-state index in [0.29, 0.717) is 51.7 Å². The molecule has 2 aromatic heterocycles. The maximum atomic E-state index is 14.6. The lowest BCUT2D eigenvalue weighted by molar-refractivity contribution is 0.0786. The van der Waals surface area contributed by atoms with Crippen LogP contribution >= 0.6 is 0 Å². The van der Waals surface area contributed by atoms with Crippen molar-refractivity contribution in [3.8, 4) is 28.3 Å². The molecule has 1 saturated heterocycles. The third-order valence-corrected chi connectivity index (χ3v) is 6.95. The van der Waals surface area contributed by atoms with E-state index in [4.69, 9.17) is 0 Å². The molecule has 1 amide bonds. The molecule has 0 bridgehead atoms. The van der Waals surface area contributed by atoms with Gasteiger partial charge in [0.1, 0.15) is 11.9 Å². The first-order valence-electron chi connectivity index (χ1n) is 12.6. The number of nitriles is 1. The van der Waals surface area contributed by atoms with Crippen molar-refractivity contribution in [2.45, 2.75) is 25.3 Å². The molecule has 8 heteroatoms. The van der Waals surface area contributed by atoms with Crippen LogP contribution in [0.1, 0.15) is 34.3 Å². The predicted octanol–water partition coefficient (Wildman–Crippen LogP) is 4.33. The number of aliphatic hydroxyl groups excluding tert-OH is 1. The highest BCUT2D eigenvalue weighted by molar-refractivity contribution is 6.12. The van der Waals surface area contributed by atoms with Crippen molar-refractivity contribution < 1.29 is 14.3 Å². The van der Waals surface area contributed by atoms with Crippen molar-refractivity contribution in [1.82, 2.24) is 20.2 Å². The first-order chi connectivity index (χ1) is 18.5. The minimum absolute atomic E-state index is 0.110. The molecule has 2 N–H and O–H groups in total. The molecule has 4 aromatic rings. The summed E-state index contributed by atoms with van der Waals surface area (Å²) < 4.78 is 14.6. The summed E-state index contributed by atoms with van der Waals surface area (Å²) in [7, 11) is 1.78. The molecule has 38 heavy (non-hydrogen) atoms. The third-order valence-electron chi connectivity index (χ3n) is 6.95. The highest BCUT2D eigenvalue weighted by Gasteiger charge is 2.25. The summed E-state index contributed by atoms with van der Waals surface area (Å²) in [5.74, 6) is -0.629. The molecule has 0 spiro atoms. The molecule has 0 aliphatic carbocycles. The van der Waals surface area contributed by atoms with Crippen LogP contribution in [0.2, 0.25) is 0 Å².